The summed E-state index contributed by atoms with van der Waals surface area (Å²) in [7, 11) is 0. The maximum absolute atomic E-state index is 14.0. The molecule has 5 aliphatic carbocycles. The Balaban J connectivity index is 1.45. The van der Waals surface area contributed by atoms with E-state index in [4.69, 9.17) is 21.1 Å². The Labute approximate surface area is 229 Å². The Morgan fingerprint density at radius 1 is 0.892 bits per heavy atom. The van der Waals surface area contributed by atoms with E-state index in [0.29, 0.717) is 17.8 Å². The molecule has 7 rings (SSSR count). The monoisotopic (exact) mass is 532 g/mol. The number of alkyl halides is 1. The molecule has 0 aromatic rings. The lowest BCUT2D eigenvalue weighted by atomic mass is 9.29. The van der Waals surface area contributed by atoms with Crippen molar-refractivity contribution in [3.8, 4) is 0 Å². The van der Waals surface area contributed by atoms with Gasteiger partial charge in [0.05, 0.1) is 5.41 Å². The summed E-state index contributed by atoms with van der Waals surface area (Å²) < 4.78 is 12.8. The first-order valence-corrected chi connectivity index (χ1v) is 15.5. The van der Waals surface area contributed by atoms with E-state index in [-0.39, 0.29) is 55.9 Å². The van der Waals surface area contributed by atoms with Crippen LogP contribution in [0.15, 0.2) is 0 Å². The fraction of sp³-hybridized carbons (Fsp3) is 0.938. The fourth-order valence-corrected chi connectivity index (χ4v) is 12.8. The Kier molecular flexibility index (Phi) is 5.36. The standard InChI is InChI=1S/C32H49ClO4/c1-19(34)36-24-10-11-28(6)20(27(24,4)5)9-12-29(7)21(28)17-23(33)30(8)22-18-26(2,3)13-14-31(22)15-16-32(29,30)37-25(31)35/h20-24H,9-18H2,1-8H3/t20-,21+,22-,23-,24-,28-,29+,30+,31-,32-/m0/s1. The second-order valence-electron chi connectivity index (χ2n) is 16.3. The van der Waals surface area contributed by atoms with Gasteiger partial charge in [-0.25, -0.2) is 0 Å². The number of carbonyl (C=O) groups is 2. The molecule has 5 saturated carbocycles. The topological polar surface area (TPSA) is 52.6 Å². The summed E-state index contributed by atoms with van der Waals surface area (Å²) in [5.74, 6) is 1.03. The number of hydrogen-bond donors (Lipinski definition) is 0. The smallest absolute Gasteiger partial charge is 0.312 e. The largest absolute Gasteiger partial charge is 0.462 e. The predicted molar refractivity (Wildman–Crippen MR) is 145 cm³/mol. The van der Waals surface area contributed by atoms with E-state index in [9.17, 15) is 9.59 Å². The van der Waals surface area contributed by atoms with Gasteiger partial charge in [0.15, 0.2) is 0 Å². The minimum absolute atomic E-state index is 0.0119. The molecule has 0 radical (unpaired) electrons. The normalized spacial score (nSPS) is 55.2. The van der Waals surface area contributed by atoms with Gasteiger partial charge in [0.25, 0.3) is 0 Å². The molecule has 0 aromatic carbocycles. The average molecular weight is 533 g/mol. The van der Waals surface area contributed by atoms with Gasteiger partial charge < -0.3 is 9.47 Å². The highest BCUT2D eigenvalue weighted by molar-refractivity contribution is 6.21. The molecule has 2 heterocycles. The van der Waals surface area contributed by atoms with Gasteiger partial charge >= 0.3 is 11.9 Å². The highest BCUT2D eigenvalue weighted by Gasteiger charge is 2.83. The van der Waals surface area contributed by atoms with Gasteiger partial charge in [-0.15, -0.1) is 11.6 Å². The van der Waals surface area contributed by atoms with E-state index in [1.54, 1.807) is 0 Å². The summed E-state index contributed by atoms with van der Waals surface area (Å²) >= 11 is 7.66. The van der Waals surface area contributed by atoms with Crippen molar-refractivity contribution < 1.29 is 19.1 Å². The maximum Gasteiger partial charge on any atom is 0.312 e. The number of hydrogen-bond acceptors (Lipinski definition) is 4. The predicted octanol–water partition coefficient (Wildman–Crippen LogP) is 7.70. The number of esters is 2. The van der Waals surface area contributed by atoms with Crippen molar-refractivity contribution in [1.82, 2.24) is 0 Å². The summed E-state index contributed by atoms with van der Waals surface area (Å²) in [5, 5.41) is -0.0119. The third-order valence-electron chi connectivity index (χ3n) is 14.2. The van der Waals surface area contributed by atoms with Crippen LogP contribution in [0.1, 0.15) is 120 Å². The third-order valence-corrected chi connectivity index (χ3v) is 14.8. The highest BCUT2D eigenvalue weighted by Crippen LogP contribution is 2.81. The van der Waals surface area contributed by atoms with E-state index in [2.05, 4.69) is 48.5 Å². The molecule has 2 saturated heterocycles. The molecular weight excluding hydrogens is 484 g/mol. The van der Waals surface area contributed by atoms with E-state index < -0.39 is 5.60 Å². The zero-order valence-electron chi connectivity index (χ0n) is 24.5. The molecule has 2 aliphatic heterocycles. The molecule has 2 bridgehead atoms. The first-order chi connectivity index (χ1) is 17.0. The maximum atomic E-state index is 14.0. The van der Waals surface area contributed by atoms with Crippen molar-refractivity contribution in [3.05, 3.63) is 0 Å². The molecule has 0 amide bonds. The van der Waals surface area contributed by atoms with Crippen LogP contribution in [0.4, 0.5) is 0 Å². The molecule has 37 heavy (non-hydrogen) atoms. The summed E-state index contributed by atoms with van der Waals surface area (Å²) in [6.07, 6.45) is 10.0. The molecule has 7 fully saturated rings. The van der Waals surface area contributed by atoms with Gasteiger partial charge in [-0.3, -0.25) is 9.59 Å². The molecule has 7 aliphatic rings. The van der Waals surface area contributed by atoms with E-state index in [0.717, 1.165) is 64.2 Å². The van der Waals surface area contributed by atoms with Crippen LogP contribution in [0.25, 0.3) is 0 Å². The summed E-state index contributed by atoms with van der Waals surface area (Å²) in [6, 6.07) is 0. The quantitative estimate of drug-likeness (QED) is 0.256. The van der Waals surface area contributed by atoms with Crippen LogP contribution in [0.2, 0.25) is 0 Å². The zero-order chi connectivity index (χ0) is 27.0. The first-order valence-electron chi connectivity index (χ1n) is 15.1. The Morgan fingerprint density at radius 2 is 1.57 bits per heavy atom. The van der Waals surface area contributed by atoms with Gasteiger partial charge in [0.2, 0.25) is 0 Å². The van der Waals surface area contributed by atoms with Crippen LogP contribution >= 0.6 is 11.6 Å². The highest BCUT2D eigenvalue weighted by atomic mass is 35.5. The van der Waals surface area contributed by atoms with Crippen LogP contribution in [-0.2, 0) is 19.1 Å². The Morgan fingerprint density at radius 3 is 2.22 bits per heavy atom. The molecule has 208 valence electrons. The molecule has 0 aromatic heterocycles. The molecule has 0 N–H and O–H groups in total. The minimum Gasteiger partial charge on any atom is -0.462 e. The van der Waals surface area contributed by atoms with Gasteiger partial charge in [0, 0.05) is 28.5 Å². The van der Waals surface area contributed by atoms with Gasteiger partial charge in [0.1, 0.15) is 11.7 Å². The van der Waals surface area contributed by atoms with Crippen LogP contribution in [0.5, 0.6) is 0 Å². The molecule has 10 atom stereocenters. The lowest BCUT2D eigenvalue weighted by molar-refractivity contribution is -0.351. The van der Waals surface area contributed by atoms with Gasteiger partial charge in [-0.2, -0.15) is 0 Å². The number of rotatable bonds is 1. The Hall–Kier alpha value is -0.770. The van der Waals surface area contributed by atoms with Crippen molar-refractivity contribution in [1.29, 1.82) is 0 Å². The van der Waals surface area contributed by atoms with Crippen LogP contribution in [0.3, 0.4) is 0 Å². The second-order valence-corrected chi connectivity index (χ2v) is 16.8. The fourth-order valence-electron chi connectivity index (χ4n) is 12.3. The number of halogens is 1. The third kappa shape index (κ3) is 2.93. The van der Waals surface area contributed by atoms with Gasteiger partial charge in [-0.05, 0) is 92.8 Å². The average Bonchev–Trinajstić information content (AvgIpc) is 2.79. The van der Waals surface area contributed by atoms with Crippen molar-refractivity contribution in [3.63, 3.8) is 0 Å². The summed E-state index contributed by atoms with van der Waals surface area (Å²) in [5.41, 5.74) is -0.956. The van der Waals surface area contributed by atoms with Crippen molar-refractivity contribution in [2.24, 2.45) is 50.2 Å². The number of carbonyl (C=O) groups excluding carboxylic acids is 2. The van der Waals surface area contributed by atoms with Crippen LogP contribution in [0, 0.1) is 50.2 Å². The molecule has 2 spiro atoms. The zero-order valence-corrected chi connectivity index (χ0v) is 25.2. The number of fused-ring (bicyclic) bond motifs is 5. The molecule has 4 nitrogen and oxygen atoms in total. The van der Waals surface area contributed by atoms with E-state index in [1.807, 2.05) is 0 Å². The summed E-state index contributed by atoms with van der Waals surface area (Å²) in [6.45, 7) is 18.3. The van der Waals surface area contributed by atoms with Crippen LogP contribution < -0.4 is 0 Å². The molecule has 0 unspecified atom stereocenters. The van der Waals surface area contributed by atoms with E-state index in [1.165, 1.54) is 6.92 Å². The molecular formula is C32H49ClO4. The van der Waals surface area contributed by atoms with E-state index >= 15 is 0 Å². The summed E-state index contributed by atoms with van der Waals surface area (Å²) in [4.78, 5) is 26.0. The lowest BCUT2D eigenvalue weighted by Crippen LogP contribution is -2.82. The first kappa shape index (κ1) is 26.5. The molecule has 5 heteroatoms. The van der Waals surface area contributed by atoms with Crippen LogP contribution in [-0.4, -0.2) is 29.0 Å². The minimum atomic E-state index is -0.503. The van der Waals surface area contributed by atoms with Gasteiger partial charge in [-0.1, -0.05) is 48.5 Å². The van der Waals surface area contributed by atoms with Crippen molar-refractivity contribution in [2.45, 2.75) is 137 Å². The van der Waals surface area contributed by atoms with Crippen molar-refractivity contribution >= 4 is 23.5 Å². The second kappa shape index (κ2) is 7.49. The Bertz CT molecular complexity index is 1040. The van der Waals surface area contributed by atoms with Crippen molar-refractivity contribution in [2.75, 3.05) is 0 Å². The number of ether oxygens (including phenoxy) is 2. The SMILES string of the molecule is CC(=O)O[C@H]1CC[C@]2(C)[C@H]3C[C@H](Cl)[C@@]4(C)[C@@H]5CC(C)(C)CC[C@]56CC[C@]4(OC6=O)[C@]3(C)CC[C@H]2C1(C)C. The lowest BCUT2D eigenvalue weighted by Gasteiger charge is -2.79.